The van der Waals surface area contributed by atoms with E-state index >= 15 is 0 Å². The van der Waals surface area contributed by atoms with Gasteiger partial charge in [-0.3, -0.25) is 9.78 Å². The predicted octanol–water partition coefficient (Wildman–Crippen LogP) is 1.04. The van der Waals surface area contributed by atoms with Gasteiger partial charge in [-0.1, -0.05) is 0 Å². The first-order valence-electron chi connectivity index (χ1n) is 9.95. The summed E-state index contributed by atoms with van der Waals surface area (Å²) in [5.74, 6) is 0.697. The quantitative estimate of drug-likeness (QED) is 0.791. The van der Waals surface area contributed by atoms with Crippen molar-refractivity contribution >= 4 is 22.4 Å². The smallest absolute Gasteiger partial charge is 0.255 e. The van der Waals surface area contributed by atoms with E-state index in [9.17, 15) is 9.90 Å². The van der Waals surface area contributed by atoms with Gasteiger partial charge in [-0.25, -0.2) is 9.97 Å². The molecule has 2 fully saturated rings. The van der Waals surface area contributed by atoms with E-state index in [2.05, 4.69) is 19.8 Å². The van der Waals surface area contributed by atoms with Crippen LogP contribution in [-0.2, 0) is 23.2 Å². The molecule has 2 N–H and O–H groups in total. The Morgan fingerprint density at radius 1 is 1.14 bits per heavy atom. The number of morpholine rings is 1. The summed E-state index contributed by atoms with van der Waals surface area (Å²) in [7, 11) is 0. The molecule has 2 aromatic rings. The summed E-state index contributed by atoms with van der Waals surface area (Å²) >= 11 is 1.59. The molecule has 8 nitrogen and oxygen atoms in total. The molecular formula is C19H25N5O3S. The van der Waals surface area contributed by atoms with E-state index in [1.54, 1.807) is 11.3 Å². The molecular weight excluding hydrogens is 378 g/mol. The van der Waals surface area contributed by atoms with Crippen LogP contribution in [0, 0.1) is 0 Å². The lowest BCUT2D eigenvalue weighted by atomic mass is 9.76. The molecule has 150 valence electrons. The van der Waals surface area contributed by atoms with Gasteiger partial charge in [0, 0.05) is 42.5 Å². The number of fused-ring (bicyclic) bond motifs is 2. The number of thiazole rings is 1. The molecule has 28 heavy (non-hydrogen) atoms. The molecule has 0 atom stereocenters. The summed E-state index contributed by atoms with van der Waals surface area (Å²) in [4.78, 5) is 29.6. The van der Waals surface area contributed by atoms with E-state index in [1.165, 1.54) is 0 Å². The number of aliphatic hydroxyl groups excluding tert-OH is 1. The summed E-state index contributed by atoms with van der Waals surface area (Å²) in [5, 5.41) is 12.2. The van der Waals surface area contributed by atoms with Crippen LogP contribution in [0.25, 0.3) is 0 Å². The highest BCUT2D eigenvalue weighted by Gasteiger charge is 2.44. The number of hydrogen-bond acceptors (Lipinski definition) is 8. The van der Waals surface area contributed by atoms with Crippen LogP contribution in [-0.4, -0.2) is 59.5 Å². The average Bonchev–Trinajstić information content (AvgIpc) is 3.35. The maximum Gasteiger partial charge on any atom is 0.255 e. The number of H-pyrrole nitrogens is 1. The lowest BCUT2D eigenvalue weighted by Gasteiger charge is -2.39. The van der Waals surface area contributed by atoms with Crippen LogP contribution in [0.4, 0.5) is 11.1 Å². The van der Waals surface area contributed by atoms with Crippen molar-refractivity contribution in [3.05, 3.63) is 32.7 Å². The van der Waals surface area contributed by atoms with Gasteiger partial charge in [-0.2, -0.15) is 0 Å². The average molecular weight is 404 g/mol. The molecule has 2 aromatic heterocycles. The number of anilines is 2. The minimum absolute atomic E-state index is 0.00179. The lowest BCUT2D eigenvalue weighted by molar-refractivity contribution is 0.122. The summed E-state index contributed by atoms with van der Waals surface area (Å²) < 4.78 is 5.43. The van der Waals surface area contributed by atoms with E-state index < -0.39 is 0 Å². The van der Waals surface area contributed by atoms with Crippen LogP contribution < -0.4 is 15.4 Å². The zero-order valence-electron chi connectivity index (χ0n) is 15.8. The molecule has 2 saturated heterocycles. The van der Waals surface area contributed by atoms with Gasteiger partial charge in [-0.15, -0.1) is 11.3 Å². The maximum absolute atomic E-state index is 12.7. The molecule has 9 heteroatoms. The molecule has 0 aromatic carbocycles. The van der Waals surface area contributed by atoms with E-state index in [0.717, 1.165) is 73.9 Å². The number of rotatable bonds is 3. The molecule has 0 amide bonds. The van der Waals surface area contributed by atoms with Crippen molar-refractivity contribution in [1.29, 1.82) is 0 Å². The van der Waals surface area contributed by atoms with Gasteiger partial charge in [-0.05, 0) is 25.7 Å². The van der Waals surface area contributed by atoms with Crippen molar-refractivity contribution in [3.63, 3.8) is 0 Å². The number of nitrogens with zero attached hydrogens (tertiary/aromatic N) is 4. The molecule has 5 rings (SSSR count). The lowest BCUT2D eigenvalue weighted by Crippen LogP contribution is -2.43. The summed E-state index contributed by atoms with van der Waals surface area (Å²) in [6.45, 7) is 4.66. The predicted molar refractivity (Wildman–Crippen MR) is 107 cm³/mol. The zero-order valence-corrected chi connectivity index (χ0v) is 16.6. The molecule has 0 radical (unpaired) electrons. The van der Waals surface area contributed by atoms with Crippen LogP contribution in [0.1, 0.15) is 36.2 Å². The van der Waals surface area contributed by atoms with Crippen molar-refractivity contribution in [2.75, 3.05) is 49.2 Å². The third-order valence-corrected chi connectivity index (χ3v) is 7.31. The number of aliphatic hydroxyl groups is 1. The first-order valence-corrected chi connectivity index (χ1v) is 10.8. The fourth-order valence-electron chi connectivity index (χ4n) is 4.69. The normalized spacial score (nSPS) is 21.3. The van der Waals surface area contributed by atoms with E-state index in [4.69, 9.17) is 9.72 Å². The first kappa shape index (κ1) is 18.1. The van der Waals surface area contributed by atoms with Crippen LogP contribution in [0.15, 0.2) is 10.2 Å². The number of aromatic amines is 1. The van der Waals surface area contributed by atoms with Gasteiger partial charge in [0.1, 0.15) is 0 Å². The monoisotopic (exact) mass is 403 g/mol. The molecule has 0 bridgehead atoms. The van der Waals surface area contributed by atoms with Crippen LogP contribution >= 0.6 is 11.3 Å². The van der Waals surface area contributed by atoms with Crippen LogP contribution in [0.5, 0.6) is 0 Å². The Bertz CT molecular complexity index is 913. The molecule has 0 saturated carbocycles. The molecule has 2 aliphatic heterocycles. The number of nitrogens with one attached hydrogen (secondary N) is 1. The number of piperidine rings is 1. The highest BCUT2D eigenvalue weighted by atomic mass is 32.1. The zero-order chi connectivity index (χ0) is 19.1. The summed E-state index contributed by atoms with van der Waals surface area (Å²) in [6, 6.07) is 0. The SMILES string of the molecule is O=c1[nH]c(N2CCOCC2)nc2c1CCC21CCN(c2nc(CO)cs2)CC1. The van der Waals surface area contributed by atoms with Crippen molar-refractivity contribution < 1.29 is 9.84 Å². The Balaban J connectivity index is 1.40. The van der Waals surface area contributed by atoms with Crippen molar-refractivity contribution in [3.8, 4) is 0 Å². The summed E-state index contributed by atoms with van der Waals surface area (Å²) in [5.41, 5.74) is 2.65. The maximum atomic E-state index is 12.7. The van der Waals surface area contributed by atoms with Gasteiger partial charge in [0.15, 0.2) is 5.13 Å². The van der Waals surface area contributed by atoms with Crippen molar-refractivity contribution in [1.82, 2.24) is 15.0 Å². The van der Waals surface area contributed by atoms with Crippen LogP contribution in [0.2, 0.25) is 0 Å². The second-order valence-corrected chi connectivity index (χ2v) is 8.70. The second kappa shape index (κ2) is 7.13. The van der Waals surface area contributed by atoms with E-state index in [-0.39, 0.29) is 17.6 Å². The third kappa shape index (κ3) is 3.01. The van der Waals surface area contributed by atoms with Crippen molar-refractivity contribution in [2.24, 2.45) is 0 Å². The number of aromatic nitrogens is 3. The molecule has 3 aliphatic rings. The van der Waals surface area contributed by atoms with Gasteiger partial charge >= 0.3 is 0 Å². The van der Waals surface area contributed by atoms with Gasteiger partial charge in [0.2, 0.25) is 5.95 Å². The highest BCUT2D eigenvalue weighted by molar-refractivity contribution is 7.13. The van der Waals surface area contributed by atoms with Crippen LogP contribution in [0.3, 0.4) is 0 Å². The highest BCUT2D eigenvalue weighted by Crippen LogP contribution is 2.45. The minimum Gasteiger partial charge on any atom is -0.390 e. The van der Waals surface area contributed by atoms with E-state index in [0.29, 0.717) is 19.2 Å². The Labute approximate surface area is 167 Å². The Morgan fingerprint density at radius 2 is 1.93 bits per heavy atom. The Kier molecular flexibility index (Phi) is 4.60. The summed E-state index contributed by atoms with van der Waals surface area (Å²) in [6.07, 6.45) is 3.77. The number of ether oxygens (including phenoxy) is 1. The van der Waals surface area contributed by atoms with Gasteiger partial charge in [0.25, 0.3) is 5.56 Å². The molecule has 0 unspecified atom stereocenters. The fourth-order valence-corrected chi connectivity index (χ4v) is 5.56. The van der Waals surface area contributed by atoms with Gasteiger partial charge < -0.3 is 19.6 Å². The Hall–Kier alpha value is -1.97. The topological polar surface area (TPSA) is 94.6 Å². The Morgan fingerprint density at radius 3 is 2.64 bits per heavy atom. The molecule has 1 spiro atoms. The van der Waals surface area contributed by atoms with Gasteiger partial charge in [0.05, 0.1) is 31.2 Å². The number of hydrogen-bond donors (Lipinski definition) is 2. The fraction of sp³-hybridized carbons (Fsp3) is 0.632. The first-order chi connectivity index (χ1) is 13.7. The molecule has 1 aliphatic carbocycles. The standard InChI is InChI=1S/C19H25N5O3S/c25-11-13-12-28-18(20-13)24-5-3-19(4-6-24)2-1-14-15(19)21-17(22-16(14)26)23-7-9-27-10-8-23/h12,25H,1-11H2,(H,21,22,26). The van der Waals surface area contributed by atoms with Crippen molar-refractivity contribution in [2.45, 2.75) is 37.7 Å². The third-order valence-electron chi connectivity index (χ3n) is 6.36. The van der Waals surface area contributed by atoms with E-state index in [1.807, 2.05) is 5.38 Å². The minimum atomic E-state index is -0.0152. The largest absolute Gasteiger partial charge is 0.390 e. The molecule has 4 heterocycles. The second-order valence-electron chi connectivity index (χ2n) is 7.86.